The molecule has 6 nitrogen and oxygen atoms in total. The van der Waals surface area contributed by atoms with Crippen molar-refractivity contribution >= 4 is 34.4 Å². The molecule has 0 spiro atoms. The predicted octanol–water partition coefficient (Wildman–Crippen LogP) is 3.63. The number of alkyl halides is 2. The van der Waals surface area contributed by atoms with Gasteiger partial charge in [0.25, 0.3) is 0 Å². The zero-order valence-electron chi connectivity index (χ0n) is 13.5. The Morgan fingerprint density at radius 2 is 2.00 bits per heavy atom. The van der Waals surface area contributed by atoms with Gasteiger partial charge in [-0.2, -0.15) is 0 Å². The van der Waals surface area contributed by atoms with Crippen molar-refractivity contribution in [2.75, 3.05) is 11.1 Å². The number of rotatable bonds is 4. The molecule has 2 aromatic carbocycles. The highest BCUT2D eigenvalue weighted by molar-refractivity contribution is 7.99. The molecule has 9 heteroatoms. The van der Waals surface area contributed by atoms with Crippen LogP contribution in [0.25, 0.3) is 11.0 Å². The molecule has 3 aromatic rings. The standard InChI is InChI=1S/C17H13F2N3O3S/c1-22-12-5-3-2-4-11(12)21-16(22)26-9-15(23)20-10-6-7-13-14(8-10)25-17(18,19)24-13/h2-8H,9H2,1H3,(H,20,23). The quantitative estimate of drug-likeness (QED) is 0.704. The van der Waals surface area contributed by atoms with E-state index in [1.807, 2.05) is 35.9 Å². The topological polar surface area (TPSA) is 65.4 Å². The van der Waals surface area contributed by atoms with Gasteiger partial charge in [0.2, 0.25) is 5.91 Å². The number of amides is 1. The molecule has 0 radical (unpaired) electrons. The first-order valence-electron chi connectivity index (χ1n) is 7.65. The first-order chi connectivity index (χ1) is 12.4. The second kappa shape index (κ2) is 6.17. The van der Waals surface area contributed by atoms with E-state index >= 15 is 0 Å². The zero-order chi connectivity index (χ0) is 18.3. The summed E-state index contributed by atoms with van der Waals surface area (Å²) >= 11 is 1.29. The van der Waals surface area contributed by atoms with Gasteiger partial charge in [-0.05, 0) is 24.3 Å². The fourth-order valence-electron chi connectivity index (χ4n) is 2.61. The Morgan fingerprint density at radius 1 is 1.23 bits per heavy atom. The van der Waals surface area contributed by atoms with Crippen LogP contribution in [0.15, 0.2) is 47.6 Å². The van der Waals surface area contributed by atoms with Crippen LogP contribution in [-0.2, 0) is 11.8 Å². The average Bonchev–Trinajstić information content (AvgIpc) is 3.08. The van der Waals surface area contributed by atoms with Crippen LogP contribution in [0.4, 0.5) is 14.5 Å². The lowest BCUT2D eigenvalue weighted by molar-refractivity contribution is -0.286. The van der Waals surface area contributed by atoms with E-state index in [9.17, 15) is 13.6 Å². The van der Waals surface area contributed by atoms with Crippen molar-refractivity contribution in [3.05, 3.63) is 42.5 Å². The third-order valence-corrected chi connectivity index (χ3v) is 4.79. The van der Waals surface area contributed by atoms with Crippen LogP contribution in [0.1, 0.15) is 0 Å². The number of ether oxygens (including phenoxy) is 2. The smallest absolute Gasteiger partial charge is 0.395 e. The Morgan fingerprint density at radius 3 is 2.81 bits per heavy atom. The van der Waals surface area contributed by atoms with Crippen molar-refractivity contribution in [2.45, 2.75) is 11.5 Å². The second-order valence-corrected chi connectivity index (χ2v) is 6.55. The highest BCUT2D eigenvalue weighted by Gasteiger charge is 2.43. The van der Waals surface area contributed by atoms with Crippen LogP contribution in [0, 0.1) is 0 Å². The average molecular weight is 377 g/mol. The molecule has 4 rings (SSSR count). The number of fused-ring (bicyclic) bond motifs is 2. The summed E-state index contributed by atoms with van der Waals surface area (Å²) in [7, 11) is 1.88. The molecule has 0 saturated carbocycles. The maximum atomic E-state index is 13.0. The number of anilines is 1. The van der Waals surface area contributed by atoms with E-state index in [0.29, 0.717) is 10.8 Å². The predicted molar refractivity (Wildman–Crippen MR) is 92.7 cm³/mol. The van der Waals surface area contributed by atoms with Crippen molar-refractivity contribution in [1.82, 2.24) is 9.55 Å². The number of carbonyl (C=O) groups is 1. The highest BCUT2D eigenvalue weighted by atomic mass is 32.2. The molecule has 0 fully saturated rings. The zero-order valence-corrected chi connectivity index (χ0v) is 14.3. The van der Waals surface area contributed by atoms with Gasteiger partial charge in [-0.3, -0.25) is 4.79 Å². The van der Waals surface area contributed by atoms with E-state index in [4.69, 9.17) is 0 Å². The molecule has 1 N–H and O–H groups in total. The number of aromatic nitrogens is 2. The van der Waals surface area contributed by atoms with Gasteiger partial charge in [0.15, 0.2) is 16.7 Å². The molecule has 1 aliphatic heterocycles. The van der Waals surface area contributed by atoms with Gasteiger partial charge < -0.3 is 19.4 Å². The number of aryl methyl sites for hydroxylation is 1. The normalized spacial score (nSPS) is 14.6. The molecule has 0 bridgehead atoms. The molecule has 0 unspecified atom stereocenters. The molecule has 0 atom stereocenters. The Hall–Kier alpha value is -2.81. The summed E-state index contributed by atoms with van der Waals surface area (Å²) in [5.74, 6) is -0.340. The van der Waals surface area contributed by atoms with E-state index in [2.05, 4.69) is 19.8 Å². The summed E-state index contributed by atoms with van der Waals surface area (Å²) in [6.45, 7) is 0. The second-order valence-electron chi connectivity index (χ2n) is 5.61. The van der Waals surface area contributed by atoms with Crippen LogP contribution in [0.5, 0.6) is 11.5 Å². The number of thioether (sulfide) groups is 1. The number of hydrogen-bond acceptors (Lipinski definition) is 5. The van der Waals surface area contributed by atoms with Crippen LogP contribution < -0.4 is 14.8 Å². The molecule has 0 aliphatic carbocycles. The summed E-state index contributed by atoms with van der Waals surface area (Å²) < 4.78 is 36.6. The third-order valence-electron chi connectivity index (χ3n) is 3.76. The molecule has 26 heavy (non-hydrogen) atoms. The molecule has 2 heterocycles. The van der Waals surface area contributed by atoms with Gasteiger partial charge >= 0.3 is 6.29 Å². The minimum Gasteiger partial charge on any atom is -0.395 e. The molecule has 1 aliphatic rings. The molecule has 1 aromatic heterocycles. The Labute approximate surface area is 151 Å². The summed E-state index contributed by atoms with van der Waals surface area (Å²) in [5, 5.41) is 3.36. The van der Waals surface area contributed by atoms with E-state index in [1.165, 1.54) is 30.0 Å². The van der Waals surface area contributed by atoms with E-state index in [0.717, 1.165) is 11.0 Å². The van der Waals surface area contributed by atoms with Gasteiger partial charge in [0.05, 0.1) is 16.8 Å². The summed E-state index contributed by atoms with van der Waals surface area (Å²) in [6.07, 6.45) is -3.68. The van der Waals surface area contributed by atoms with Crippen LogP contribution in [0.2, 0.25) is 0 Å². The Bertz CT molecular complexity index is 1010. The molecular formula is C17H13F2N3O3S. The maximum absolute atomic E-state index is 13.0. The number of halogens is 2. The number of benzene rings is 2. The maximum Gasteiger partial charge on any atom is 0.586 e. The fourth-order valence-corrected chi connectivity index (χ4v) is 3.39. The van der Waals surface area contributed by atoms with Gasteiger partial charge in [-0.15, -0.1) is 8.78 Å². The fraction of sp³-hybridized carbons (Fsp3) is 0.176. The molecular weight excluding hydrogens is 364 g/mol. The third kappa shape index (κ3) is 3.17. The molecule has 134 valence electrons. The minimum atomic E-state index is -3.68. The molecule has 1 amide bonds. The van der Waals surface area contributed by atoms with Gasteiger partial charge in [-0.25, -0.2) is 4.98 Å². The Kier molecular flexibility index (Phi) is 3.95. The Balaban J connectivity index is 1.41. The van der Waals surface area contributed by atoms with Crippen LogP contribution in [-0.4, -0.2) is 27.5 Å². The molecule has 0 saturated heterocycles. The lowest BCUT2D eigenvalue weighted by atomic mass is 10.3. The lowest BCUT2D eigenvalue weighted by Crippen LogP contribution is -2.25. The summed E-state index contributed by atoms with van der Waals surface area (Å²) in [5.41, 5.74) is 2.18. The van der Waals surface area contributed by atoms with Crippen molar-refractivity contribution in [2.24, 2.45) is 7.05 Å². The summed E-state index contributed by atoms with van der Waals surface area (Å²) in [4.78, 5) is 16.6. The van der Waals surface area contributed by atoms with Crippen molar-refractivity contribution < 1.29 is 23.0 Å². The van der Waals surface area contributed by atoms with Crippen LogP contribution >= 0.6 is 11.8 Å². The number of nitrogens with one attached hydrogen (secondary N) is 1. The monoisotopic (exact) mass is 377 g/mol. The SMILES string of the molecule is Cn1c(SCC(=O)Nc2ccc3c(c2)OC(F)(F)O3)nc2ccccc21. The minimum absolute atomic E-state index is 0.0675. The number of imidazole rings is 1. The van der Waals surface area contributed by atoms with Crippen molar-refractivity contribution in [3.63, 3.8) is 0 Å². The summed E-state index contributed by atoms with van der Waals surface area (Å²) in [6, 6.07) is 11.8. The van der Waals surface area contributed by atoms with Crippen molar-refractivity contribution in [3.8, 4) is 11.5 Å². The number of nitrogens with zero attached hydrogens (tertiary/aromatic N) is 2. The van der Waals surface area contributed by atoms with E-state index in [-0.39, 0.29) is 23.2 Å². The first kappa shape index (κ1) is 16.6. The number of carbonyl (C=O) groups excluding carboxylic acids is 1. The first-order valence-corrected chi connectivity index (χ1v) is 8.64. The highest BCUT2D eigenvalue weighted by Crippen LogP contribution is 2.42. The lowest BCUT2D eigenvalue weighted by Gasteiger charge is -2.06. The van der Waals surface area contributed by atoms with E-state index < -0.39 is 6.29 Å². The van der Waals surface area contributed by atoms with Gasteiger partial charge in [-0.1, -0.05) is 23.9 Å². The van der Waals surface area contributed by atoms with Crippen molar-refractivity contribution in [1.29, 1.82) is 0 Å². The van der Waals surface area contributed by atoms with Gasteiger partial charge in [0, 0.05) is 18.8 Å². The van der Waals surface area contributed by atoms with Gasteiger partial charge in [0.1, 0.15) is 0 Å². The van der Waals surface area contributed by atoms with E-state index in [1.54, 1.807) is 0 Å². The van der Waals surface area contributed by atoms with Crippen LogP contribution in [0.3, 0.4) is 0 Å². The number of hydrogen-bond donors (Lipinski definition) is 1. The number of para-hydroxylation sites is 2. The largest absolute Gasteiger partial charge is 0.586 e.